The standard InChI is InChI=1S/C30H27F3O2/c1-3-34-24-14-11-22(12-15-24)27-18-17-26(29(32)30(27)33)21-8-5-20(6-9-21)7-10-23-13-16-25(35-4-2)19-28(23)31/h5-6,8-9,11-19H,3-4,7,10H2,1-2H3. The van der Waals surface area contributed by atoms with Crippen molar-refractivity contribution in [3.8, 4) is 33.8 Å². The lowest BCUT2D eigenvalue weighted by atomic mass is 9.97. The molecule has 0 fully saturated rings. The highest BCUT2D eigenvalue weighted by Crippen LogP contribution is 2.32. The number of halogens is 3. The average Bonchev–Trinajstić information content (AvgIpc) is 2.87. The molecule has 0 saturated carbocycles. The second-order valence-electron chi connectivity index (χ2n) is 8.13. The van der Waals surface area contributed by atoms with E-state index in [1.165, 1.54) is 6.07 Å². The molecule has 0 N–H and O–H groups in total. The maximum atomic E-state index is 15.0. The van der Waals surface area contributed by atoms with E-state index in [4.69, 9.17) is 9.47 Å². The molecule has 0 radical (unpaired) electrons. The van der Waals surface area contributed by atoms with Gasteiger partial charge in [-0.25, -0.2) is 13.2 Å². The van der Waals surface area contributed by atoms with Gasteiger partial charge < -0.3 is 9.47 Å². The molecule has 0 aromatic heterocycles. The van der Waals surface area contributed by atoms with Crippen LogP contribution in [-0.4, -0.2) is 13.2 Å². The first-order valence-electron chi connectivity index (χ1n) is 11.7. The minimum atomic E-state index is -0.888. The van der Waals surface area contributed by atoms with Crippen LogP contribution in [0.1, 0.15) is 25.0 Å². The second kappa shape index (κ2) is 11.1. The molecule has 0 heterocycles. The van der Waals surface area contributed by atoms with Crippen LogP contribution in [0.3, 0.4) is 0 Å². The van der Waals surface area contributed by atoms with Crippen molar-refractivity contribution in [3.05, 3.63) is 107 Å². The molecule has 5 heteroatoms. The van der Waals surface area contributed by atoms with Gasteiger partial charge >= 0.3 is 0 Å². The number of hydrogen-bond donors (Lipinski definition) is 0. The molecular weight excluding hydrogens is 449 g/mol. The first-order valence-corrected chi connectivity index (χ1v) is 11.7. The summed E-state index contributed by atoms with van der Waals surface area (Å²) < 4.78 is 54.9. The zero-order chi connectivity index (χ0) is 24.8. The number of aryl methyl sites for hydroxylation is 2. The monoisotopic (exact) mass is 476 g/mol. The van der Waals surface area contributed by atoms with Crippen LogP contribution in [0.2, 0.25) is 0 Å². The van der Waals surface area contributed by atoms with Crippen molar-refractivity contribution in [2.75, 3.05) is 13.2 Å². The van der Waals surface area contributed by atoms with Gasteiger partial charge in [0.05, 0.1) is 13.2 Å². The lowest BCUT2D eigenvalue weighted by molar-refractivity contribution is 0.338. The van der Waals surface area contributed by atoms with E-state index in [9.17, 15) is 13.2 Å². The third kappa shape index (κ3) is 5.68. The average molecular weight is 477 g/mol. The smallest absolute Gasteiger partial charge is 0.167 e. The highest BCUT2D eigenvalue weighted by molar-refractivity contribution is 5.72. The Labute approximate surface area is 204 Å². The molecule has 2 nitrogen and oxygen atoms in total. The normalized spacial score (nSPS) is 10.9. The number of ether oxygens (including phenoxy) is 2. The van der Waals surface area contributed by atoms with E-state index in [1.54, 1.807) is 60.7 Å². The largest absolute Gasteiger partial charge is 0.494 e. The third-order valence-corrected chi connectivity index (χ3v) is 5.84. The van der Waals surface area contributed by atoms with E-state index in [1.807, 2.05) is 26.0 Å². The van der Waals surface area contributed by atoms with E-state index in [-0.39, 0.29) is 16.9 Å². The number of benzene rings is 4. The third-order valence-electron chi connectivity index (χ3n) is 5.84. The molecular formula is C30H27F3O2. The molecule has 0 aliphatic carbocycles. The van der Waals surface area contributed by atoms with Crippen molar-refractivity contribution < 1.29 is 22.6 Å². The van der Waals surface area contributed by atoms with Crippen molar-refractivity contribution in [2.24, 2.45) is 0 Å². The predicted molar refractivity (Wildman–Crippen MR) is 133 cm³/mol. The Morgan fingerprint density at radius 1 is 0.571 bits per heavy atom. The summed E-state index contributed by atoms with van der Waals surface area (Å²) in [5.74, 6) is -0.875. The fraction of sp³-hybridized carbons (Fsp3) is 0.200. The van der Waals surface area contributed by atoms with Gasteiger partial charge in [-0.1, -0.05) is 54.6 Å². The minimum absolute atomic E-state index is 0.196. The molecule has 0 saturated heterocycles. The molecule has 180 valence electrons. The first kappa shape index (κ1) is 24.4. The Bertz CT molecular complexity index is 1280. The first-order chi connectivity index (χ1) is 17.0. The molecule has 4 aromatic rings. The van der Waals surface area contributed by atoms with Gasteiger partial charge in [0.2, 0.25) is 0 Å². The van der Waals surface area contributed by atoms with Gasteiger partial charge in [-0.05, 0) is 67.1 Å². The fourth-order valence-electron chi connectivity index (χ4n) is 4.01. The molecule has 35 heavy (non-hydrogen) atoms. The van der Waals surface area contributed by atoms with Gasteiger partial charge in [-0.15, -0.1) is 0 Å². The predicted octanol–water partition coefficient (Wildman–Crippen LogP) is 8.02. The fourth-order valence-corrected chi connectivity index (χ4v) is 4.01. The summed E-state index contributed by atoms with van der Waals surface area (Å²) in [5.41, 5.74) is 3.14. The molecule has 0 amide bonds. The summed E-state index contributed by atoms with van der Waals surface area (Å²) in [5, 5.41) is 0. The van der Waals surface area contributed by atoms with Crippen LogP contribution in [0.4, 0.5) is 13.2 Å². The number of rotatable bonds is 9. The summed E-state index contributed by atoms with van der Waals surface area (Å²) in [6.45, 7) is 4.76. The highest BCUT2D eigenvalue weighted by atomic mass is 19.2. The van der Waals surface area contributed by atoms with Gasteiger partial charge in [0, 0.05) is 17.2 Å². The maximum Gasteiger partial charge on any atom is 0.167 e. The van der Waals surface area contributed by atoms with Crippen LogP contribution in [-0.2, 0) is 12.8 Å². The van der Waals surface area contributed by atoms with Crippen molar-refractivity contribution in [1.29, 1.82) is 0 Å². The molecule has 0 bridgehead atoms. The van der Waals surface area contributed by atoms with Crippen molar-refractivity contribution in [3.63, 3.8) is 0 Å². The van der Waals surface area contributed by atoms with E-state index in [0.717, 1.165) is 5.56 Å². The van der Waals surface area contributed by atoms with Crippen LogP contribution in [0.5, 0.6) is 11.5 Å². The molecule has 0 spiro atoms. The van der Waals surface area contributed by atoms with Crippen LogP contribution < -0.4 is 9.47 Å². The topological polar surface area (TPSA) is 18.5 Å². The Morgan fingerprint density at radius 3 is 1.63 bits per heavy atom. The van der Waals surface area contributed by atoms with Crippen LogP contribution >= 0.6 is 0 Å². The van der Waals surface area contributed by atoms with Crippen LogP contribution in [0, 0.1) is 17.5 Å². The van der Waals surface area contributed by atoms with Crippen molar-refractivity contribution in [2.45, 2.75) is 26.7 Å². The quantitative estimate of drug-likeness (QED) is 0.244. The summed E-state index contributed by atoms with van der Waals surface area (Å²) in [7, 11) is 0. The zero-order valence-electron chi connectivity index (χ0n) is 19.8. The van der Waals surface area contributed by atoms with E-state index >= 15 is 0 Å². The van der Waals surface area contributed by atoms with E-state index < -0.39 is 11.6 Å². The minimum Gasteiger partial charge on any atom is -0.494 e. The molecule has 0 aliphatic rings. The molecule has 4 rings (SSSR count). The van der Waals surface area contributed by atoms with Crippen LogP contribution in [0.15, 0.2) is 78.9 Å². The van der Waals surface area contributed by atoms with Gasteiger partial charge in [0.25, 0.3) is 0 Å². The Morgan fingerprint density at radius 2 is 1.09 bits per heavy atom. The van der Waals surface area contributed by atoms with E-state index in [2.05, 4.69) is 0 Å². The summed E-state index contributed by atoms with van der Waals surface area (Å²) in [6, 6.07) is 22.2. The van der Waals surface area contributed by atoms with Gasteiger partial charge in [0.1, 0.15) is 17.3 Å². The molecule has 0 aliphatic heterocycles. The summed E-state index contributed by atoms with van der Waals surface area (Å²) in [6.07, 6.45) is 1.15. The van der Waals surface area contributed by atoms with Gasteiger partial charge in [-0.3, -0.25) is 0 Å². The highest BCUT2D eigenvalue weighted by Gasteiger charge is 2.16. The summed E-state index contributed by atoms with van der Waals surface area (Å²) in [4.78, 5) is 0. The van der Waals surface area contributed by atoms with Gasteiger partial charge in [0.15, 0.2) is 11.6 Å². The molecule has 4 aromatic carbocycles. The summed E-state index contributed by atoms with van der Waals surface area (Å²) >= 11 is 0. The molecule has 0 unspecified atom stereocenters. The Kier molecular flexibility index (Phi) is 7.76. The van der Waals surface area contributed by atoms with Crippen molar-refractivity contribution in [1.82, 2.24) is 0 Å². The van der Waals surface area contributed by atoms with Crippen molar-refractivity contribution >= 4 is 0 Å². The lowest BCUT2D eigenvalue weighted by Gasteiger charge is -2.11. The maximum absolute atomic E-state index is 15.0. The molecule has 0 atom stereocenters. The zero-order valence-corrected chi connectivity index (χ0v) is 19.8. The van der Waals surface area contributed by atoms with Gasteiger partial charge in [-0.2, -0.15) is 0 Å². The van der Waals surface area contributed by atoms with Crippen LogP contribution in [0.25, 0.3) is 22.3 Å². The van der Waals surface area contributed by atoms with E-state index in [0.29, 0.717) is 54.2 Å². The number of hydrogen-bond acceptors (Lipinski definition) is 2. The second-order valence-corrected chi connectivity index (χ2v) is 8.13. The lowest BCUT2D eigenvalue weighted by Crippen LogP contribution is -1.98. The Hall–Kier alpha value is -3.73. The Balaban J connectivity index is 1.47. The SMILES string of the molecule is CCOc1ccc(-c2ccc(-c3ccc(CCc4ccc(OCC)cc4F)cc3)c(F)c2F)cc1.